The van der Waals surface area contributed by atoms with E-state index in [0.717, 1.165) is 6.07 Å². The molecule has 2 aromatic rings. The van der Waals surface area contributed by atoms with E-state index >= 15 is 0 Å². The summed E-state index contributed by atoms with van der Waals surface area (Å²) in [4.78, 5) is 49.3. The summed E-state index contributed by atoms with van der Waals surface area (Å²) in [6.45, 7) is -1.13. The van der Waals surface area contributed by atoms with Gasteiger partial charge >= 0.3 is 5.97 Å². The van der Waals surface area contributed by atoms with Crippen LogP contribution >= 0.6 is 34.4 Å². The molecule has 0 radical (unpaired) electrons. The van der Waals surface area contributed by atoms with Crippen molar-refractivity contribution in [2.45, 2.75) is 0 Å². The van der Waals surface area contributed by atoms with Gasteiger partial charge in [0.25, 0.3) is 11.1 Å². The van der Waals surface area contributed by atoms with Crippen LogP contribution in [-0.4, -0.2) is 55.3 Å². The van der Waals surface area contributed by atoms with Crippen molar-refractivity contribution in [2.24, 2.45) is 0 Å². The molecule has 1 saturated heterocycles. The van der Waals surface area contributed by atoms with E-state index in [9.17, 15) is 32.3 Å². The first kappa shape index (κ1) is 27.3. The molecule has 1 N–H and O–H groups in total. The van der Waals surface area contributed by atoms with Crippen LogP contribution in [0.25, 0.3) is 6.08 Å². The first-order valence-electron chi connectivity index (χ1n) is 9.81. The summed E-state index contributed by atoms with van der Waals surface area (Å²) in [6.07, 6.45) is 1.40. The number of carbonyl (C=O) groups is 4. The van der Waals surface area contributed by atoms with Gasteiger partial charge in [-0.3, -0.25) is 19.3 Å². The Morgan fingerprint density at radius 3 is 2.53 bits per heavy atom. The Labute approximate surface area is 220 Å². The molecule has 1 aliphatic heterocycles. The van der Waals surface area contributed by atoms with Crippen molar-refractivity contribution < 1.29 is 46.6 Å². The lowest BCUT2D eigenvalue weighted by Gasteiger charge is -2.13. The lowest BCUT2D eigenvalue weighted by molar-refractivity contribution is -0.143. The number of nitrogens with zero attached hydrogens (tertiary/aromatic N) is 1. The number of rotatable bonds is 8. The van der Waals surface area contributed by atoms with Crippen molar-refractivity contribution >= 4 is 69.1 Å². The molecule has 0 saturated carbocycles. The fourth-order valence-electron chi connectivity index (χ4n) is 2.90. The Kier molecular flexibility index (Phi) is 8.84. The fraction of sp³-hybridized carbons (Fsp3) is 0.182. The van der Waals surface area contributed by atoms with Gasteiger partial charge in [0.1, 0.15) is 6.54 Å². The molecule has 0 spiro atoms. The van der Waals surface area contributed by atoms with E-state index < -0.39 is 52.7 Å². The van der Waals surface area contributed by atoms with E-state index in [1.165, 1.54) is 26.4 Å². The number of nitrogens with one attached hydrogen (secondary N) is 1. The maximum Gasteiger partial charge on any atom is 0.343 e. The molecule has 1 aliphatic rings. The van der Waals surface area contributed by atoms with Crippen LogP contribution in [0.4, 0.5) is 23.7 Å². The molecule has 0 atom stereocenters. The van der Waals surface area contributed by atoms with Gasteiger partial charge in [0.2, 0.25) is 5.91 Å². The van der Waals surface area contributed by atoms with Gasteiger partial charge in [0.15, 0.2) is 35.6 Å². The molecule has 9 nitrogen and oxygen atoms in total. The molecule has 0 aromatic heterocycles. The second-order valence-electron chi connectivity index (χ2n) is 6.94. The Morgan fingerprint density at radius 1 is 1.14 bits per heavy atom. The maximum absolute atomic E-state index is 13.8. The summed E-state index contributed by atoms with van der Waals surface area (Å²) < 4.78 is 56.0. The molecule has 0 unspecified atom stereocenters. The van der Waals surface area contributed by atoms with Crippen LogP contribution in [0.5, 0.6) is 11.5 Å². The summed E-state index contributed by atoms with van der Waals surface area (Å²) in [6, 6.07) is 4.56. The first-order valence-corrected chi connectivity index (χ1v) is 11.7. The van der Waals surface area contributed by atoms with Crippen LogP contribution in [0.1, 0.15) is 5.56 Å². The average molecular weight is 636 g/mol. The van der Waals surface area contributed by atoms with Gasteiger partial charge in [-0.25, -0.2) is 18.0 Å². The van der Waals surface area contributed by atoms with Gasteiger partial charge in [0, 0.05) is 0 Å². The lowest BCUT2D eigenvalue weighted by atomic mass is 10.2. The number of amides is 3. The Balaban J connectivity index is 1.75. The van der Waals surface area contributed by atoms with E-state index in [-0.39, 0.29) is 23.0 Å². The van der Waals surface area contributed by atoms with E-state index in [4.69, 9.17) is 9.47 Å². The molecule has 2 aromatic carbocycles. The van der Waals surface area contributed by atoms with Gasteiger partial charge < -0.3 is 19.5 Å². The van der Waals surface area contributed by atoms with Crippen LogP contribution < -0.4 is 14.8 Å². The number of hydrogen-bond donors (Lipinski definition) is 1. The highest BCUT2D eigenvalue weighted by Gasteiger charge is 2.36. The topological polar surface area (TPSA) is 111 Å². The van der Waals surface area contributed by atoms with Crippen molar-refractivity contribution in [3.05, 3.63) is 55.8 Å². The minimum absolute atomic E-state index is 0.00658. The highest BCUT2D eigenvalue weighted by Crippen LogP contribution is 2.37. The maximum atomic E-state index is 13.8. The minimum Gasteiger partial charge on any atom is -0.493 e. The van der Waals surface area contributed by atoms with Gasteiger partial charge in [-0.1, -0.05) is 0 Å². The van der Waals surface area contributed by atoms with Gasteiger partial charge in [-0.05, 0) is 70.3 Å². The molecular weight excluding hydrogens is 620 g/mol. The molecule has 1 heterocycles. The van der Waals surface area contributed by atoms with E-state index in [0.29, 0.717) is 31.9 Å². The lowest BCUT2D eigenvalue weighted by Crippen LogP contribution is -2.36. The molecule has 1 fully saturated rings. The highest BCUT2D eigenvalue weighted by atomic mass is 127. The van der Waals surface area contributed by atoms with Crippen LogP contribution in [0.2, 0.25) is 0 Å². The molecule has 190 valence electrons. The normalized spacial score (nSPS) is 14.3. The zero-order valence-corrected chi connectivity index (χ0v) is 21.5. The summed E-state index contributed by atoms with van der Waals surface area (Å²) in [5.74, 6) is -6.66. The van der Waals surface area contributed by atoms with Crippen molar-refractivity contribution in [2.75, 3.05) is 32.7 Å². The van der Waals surface area contributed by atoms with Crippen LogP contribution in [-0.2, 0) is 19.1 Å². The van der Waals surface area contributed by atoms with Crippen molar-refractivity contribution in [1.82, 2.24) is 4.90 Å². The van der Waals surface area contributed by atoms with Gasteiger partial charge in [-0.15, -0.1) is 0 Å². The SMILES string of the molecule is COC(=O)COc1c(I)cc(/C=C2\SC(=O)N(CC(=O)Nc3ccc(F)c(F)c3F)C2=O)cc1OC. The summed E-state index contributed by atoms with van der Waals surface area (Å²) in [7, 11) is 2.59. The Hall–Kier alpha value is -3.27. The standard InChI is InChI=1S/C22H16F3IN2O7S/c1-33-14-6-10(5-12(26)20(14)35-9-17(30)34-2)7-15-21(31)28(22(32)36-15)8-16(29)27-13-4-3-11(23)18(24)19(13)25/h3-7H,8-9H2,1-2H3,(H,27,29)/b15-7-. The van der Waals surface area contributed by atoms with E-state index in [1.54, 1.807) is 6.07 Å². The zero-order chi connectivity index (χ0) is 26.6. The number of thioether (sulfide) groups is 1. The van der Waals surface area contributed by atoms with Gasteiger partial charge in [-0.2, -0.15) is 0 Å². The second kappa shape index (κ2) is 11.6. The second-order valence-corrected chi connectivity index (χ2v) is 9.09. The Bertz CT molecular complexity index is 1290. The number of hydrogen-bond acceptors (Lipinski definition) is 8. The monoisotopic (exact) mass is 636 g/mol. The number of carbonyl (C=O) groups excluding carboxylic acids is 4. The Morgan fingerprint density at radius 2 is 1.86 bits per heavy atom. The van der Waals surface area contributed by atoms with Crippen molar-refractivity contribution in [3.8, 4) is 11.5 Å². The average Bonchev–Trinajstić information content (AvgIpc) is 3.10. The number of methoxy groups -OCH3 is 2. The van der Waals surface area contributed by atoms with Crippen molar-refractivity contribution in [3.63, 3.8) is 0 Å². The summed E-state index contributed by atoms with van der Waals surface area (Å²) in [5.41, 5.74) is -0.182. The number of halogens is 4. The number of imide groups is 1. The third-order valence-electron chi connectivity index (χ3n) is 4.60. The molecule has 3 amide bonds. The van der Waals surface area contributed by atoms with Crippen LogP contribution in [0.15, 0.2) is 29.2 Å². The zero-order valence-electron chi connectivity index (χ0n) is 18.5. The highest BCUT2D eigenvalue weighted by molar-refractivity contribution is 14.1. The number of benzene rings is 2. The van der Waals surface area contributed by atoms with Crippen LogP contribution in [0.3, 0.4) is 0 Å². The molecule has 36 heavy (non-hydrogen) atoms. The summed E-state index contributed by atoms with van der Waals surface area (Å²) >= 11 is 2.51. The fourth-order valence-corrected chi connectivity index (χ4v) is 4.52. The smallest absolute Gasteiger partial charge is 0.343 e. The molecule has 0 bridgehead atoms. The minimum atomic E-state index is -1.77. The predicted octanol–water partition coefficient (Wildman–Crippen LogP) is 3.94. The third kappa shape index (κ3) is 6.10. The molecule has 3 rings (SSSR count). The quantitative estimate of drug-likeness (QED) is 0.201. The van der Waals surface area contributed by atoms with Crippen LogP contribution in [0, 0.1) is 21.0 Å². The number of esters is 1. The van der Waals surface area contributed by atoms with Gasteiger partial charge in [0.05, 0.1) is 28.4 Å². The van der Waals surface area contributed by atoms with Crippen molar-refractivity contribution in [1.29, 1.82) is 0 Å². The molecule has 0 aliphatic carbocycles. The molecular formula is C22H16F3IN2O7S. The third-order valence-corrected chi connectivity index (χ3v) is 6.30. The van der Waals surface area contributed by atoms with E-state index in [2.05, 4.69) is 4.74 Å². The largest absolute Gasteiger partial charge is 0.493 e. The number of anilines is 1. The molecule has 14 heteroatoms. The predicted molar refractivity (Wildman–Crippen MR) is 131 cm³/mol. The number of ether oxygens (including phenoxy) is 3. The first-order chi connectivity index (χ1) is 17.0. The van der Waals surface area contributed by atoms with E-state index in [1.807, 2.05) is 27.9 Å². The summed E-state index contributed by atoms with van der Waals surface area (Å²) in [5, 5.41) is 1.25.